The summed E-state index contributed by atoms with van der Waals surface area (Å²) in [7, 11) is 0. The van der Waals surface area contributed by atoms with Crippen molar-refractivity contribution in [3.63, 3.8) is 0 Å². The normalized spacial score (nSPS) is 13.9. The SMILES string of the molecule is Cc1ccnc(-c2ccc(C[C@H](NC(=O)O)[C@H](O)C[C@@H](N)Cc3ccccc3)cc2)c1. The molecule has 162 valence electrons. The van der Waals surface area contributed by atoms with Crippen LogP contribution in [0.1, 0.15) is 23.1 Å². The smallest absolute Gasteiger partial charge is 0.404 e. The maximum absolute atomic E-state index is 11.3. The van der Waals surface area contributed by atoms with Crippen LogP contribution >= 0.6 is 0 Å². The molecule has 1 aromatic heterocycles. The zero-order chi connectivity index (χ0) is 22.2. The minimum atomic E-state index is -1.17. The second-order valence-corrected chi connectivity index (χ2v) is 7.93. The van der Waals surface area contributed by atoms with E-state index in [1.54, 1.807) is 6.20 Å². The minimum absolute atomic E-state index is 0.273. The largest absolute Gasteiger partial charge is 0.465 e. The molecule has 5 N–H and O–H groups in total. The van der Waals surface area contributed by atoms with Crippen molar-refractivity contribution < 1.29 is 15.0 Å². The van der Waals surface area contributed by atoms with Crippen LogP contribution in [-0.2, 0) is 12.8 Å². The van der Waals surface area contributed by atoms with E-state index < -0.39 is 18.2 Å². The lowest BCUT2D eigenvalue weighted by Gasteiger charge is -2.25. The molecule has 0 aliphatic carbocycles. The molecule has 0 spiro atoms. The van der Waals surface area contributed by atoms with Crippen LogP contribution in [0.4, 0.5) is 4.79 Å². The molecule has 0 radical (unpaired) electrons. The van der Waals surface area contributed by atoms with E-state index in [0.29, 0.717) is 19.3 Å². The summed E-state index contributed by atoms with van der Waals surface area (Å²) in [6, 6.07) is 20.7. The minimum Gasteiger partial charge on any atom is -0.465 e. The molecule has 2 aromatic carbocycles. The van der Waals surface area contributed by atoms with Gasteiger partial charge in [-0.15, -0.1) is 0 Å². The van der Waals surface area contributed by atoms with Crippen molar-refractivity contribution in [2.75, 3.05) is 0 Å². The molecule has 0 fully saturated rings. The maximum Gasteiger partial charge on any atom is 0.404 e. The van der Waals surface area contributed by atoms with Gasteiger partial charge in [0.25, 0.3) is 0 Å². The molecule has 0 aliphatic heterocycles. The third-order valence-corrected chi connectivity index (χ3v) is 5.28. The van der Waals surface area contributed by atoms with Gasteiger partial charge in [0.2, 0.25) is 0 Å². The van der Waals surface area contributed by atoms with Crippen LogP contribution in [0.5, 0.6) is 0 Å². The number of aliphatic hydroxyl groups is 1. The van der Waals surface area contributed by atoms with E-state index in [0.717, 1.165) is 27.9 Å². The molecule has 0 unspecified atom stereocenters. The van der Waals surface area contributed by atoms with Crippen LogP contribution in [0, 0.1) is 6.92 Å². The number of rotatable bonds is 9. The van der Waals surface area contributed by atoms with E-state index in [-0.39, 0.29) is 6.04 Å². The Bertz CT molecular complexity index is 977. The topological polar surface area (TPSA) is 108 Å². The standard InChI is InChI=1S/C25H29N3O3/c1-17-11-12-27-22(13-17)20-9-7-19(8-10-20)15-23(28-25(30)31)24(29)16-21(26)14-18-5-3-2-4-6-18/h2-13,21,23-24,28-29H,14-16,26H2,1H3,(H,30,31)/t21-,23-,24+/m0/s1. The van der Waals surface area contributed by atoms with Gasteiger partial charge in [0.15, 0.2) is 0 Å². The van der Waals surface area contributed by atoms with Gasteiger partial charge >= 0.3 is 6.09 Å². The van der Waals surface area contributed by atoms with E-state index in [1.165, 1.54) is 0 Å². The Hall–Kier alpha value is -3.22. The van der Waals surface area contributed by atoms with Gasteiger partial charge in [-0.05, 0) is 55.0 Å². The number of carboxylic acid groups (broad SMARTS) is 1. The summed E-state index contributed by atoms with van der Waals surface area (Å²) in [5.74, 6) is 0. The molecule has 3 aromatic rings. The van der Waals surface area contributed by atoms with Gasteiger partial charge in [-0.3, -0.25) is 4.98 Å². The summed E-state index contributed by atoms with van der Waals surface area (Å²) in [5.41, 5.74) is 11.2. The molecule has 31 heavy (non-hydrogen) atoms. The molecular weight excluding hydrogens is 390 g/mol. The number of carbonyl (C=O) groups is 1. The highest BCUT2D eigenvalue weighted by molar-refractivity contribution is 5.65. The number of aromatic nitrogens is 1. The molecular formula is C25H29N3O3. The van der Waals surface area contributed by atoms with Crippen molar-refractivity contribution in [3.05, 3.63) is 89.6 Å². The van der Waals surface area contributed by atoms with Crippen LogP contribution in [0.15, 0.2) is 72.9 Å². The second kappa shape index (κ2) is 10.7. The fourth-order valence-corrected chi connectivity index (χ4v) is 3.68. The van der Waals surface area contributed by atoms with Crippen LogP contribution < -0.4 is 11.1 Å². The number of benzene rings is 2. The van der Waals surface area contributed by atoms with Crippen LogP contribution in [0.25, 0.3) is 11.3 Å². The maximum atomic E-state index is 11.3. The van der Waals surface area contributed by atoms with Gasteiger partial charge in [0, 0.05) is 17.8 Å². The Balaban J connectivity index is 1.65. The summed E-state index contributed by atoms with van der Waals surface area (Å²) in [5, 5.41) is 22.4. The van der Waals surface area contributed by atoms with Gasteiger partial charge in [-0.2, -0.15) is 0 Å². The fourth-order valence-electron chi connectivity index (χ4n) is 3.68. The van der Waals surface area contributed by atoms with E-state index in [2.05, 4.69) is 10.3 Å². The molecule has 6 heteroatoms. The Morgan fingerprint density at radius 2 is 1.71 bits per heavy atom. The molecule has 3 atom stereocenters. The molecule has 3 rings (SSSR count). The number of nitrogens with one attached hydrogen (secondary N) is 1. The fraction of sp³-hybridized carbons (Fsp3) is 0.280. The second-order valence-electron chi connectivity index (χ2n) is 7.93. The average Bonchev–Trinajstić information content (AvgIpc) is 2.74. The van der Waals surface area contributed by atoms with Crippen molar-refractivity contribution in [2.45, 2.75) is 44.4 Å². The Morgan fingerprint density at radius 3 is 2.35 bits per heavy atom. The number of nitrogens with zero attached hydrogens (tertiary/aromatic N) is 1. The van der Waals surface area contributed by atoms with Crippen LogP contribution in [-0.4, -0.2) is 39.5 Å². The Kier molecular flexibility index (Phi) is 7.76. The third-order valence-electron chi connectivity index (χ3n) is 5.28. The molecule has 0 saturated carbocycles. The number of hydrogen-bond acceptors (Lipinski definition) is 4. The molecule has 0 bridgehead atoms. The number of pyridine rings is 1. The number of aryl methyl sites for hydroxylation is 1. The van der Waals surface area contributed by atoms with Gasteiger partial charge in [0.05, 0.1) is 17.8 Å². The van der Waals surface area contributed by atoms with Crippen molar-refractivity contribution in [2.24, 2.45) is 5.73 Å². The molecule has 6 nitrogen and oxygen atoms in total. The van der Waals surface area contributed by atoms with Gasteiger partial charge < -0.3 is 21.3 Å². The van der Waals surface area contributed by atoms with Crippen molar-refractivity contribution >= 4 is 6.09 Å². The van der Waals surface area contributed by atoms with Gasteiger partial charge in [-0.25, -0.2) is 4.79 Å². The summed E-state index contributed by atoms with van der Waals surface area (Å²) in [6.45, 7) is 2.02. The summed E-state index contributed by atoms with van der Waals surface area (Å²) in [4.78, 5) is 15.7. The van der Waals surface area contributed by atoms with Gasteiger partial charge in [0.1, 0.15) is 0 Å². The molecule has 0 saturated heterocycles. The first-order valence-corrected chi connectivity index (χ1v) is 10.4. The van der Waals surface area contributed by atoms with Crippen molar-refractivity contribution in [1.82, 2.24) is 10.3 Å². The van der Waals surface area contributed by atoms with Gasteiger partial charge in [-0.1, -0.05) is 54.6 Å². The van der Waals surface area contributed by atoms with E-state index >= 15 is 0 Å². The predicted molar refractivity (Wildman–Crippen MR) is 122 cm³/mol. The van der Waals surface area contributed by atoms with E-state index in [4.69, 9.17) is 5.73 Å². The van der Waals surface area contributed by atoms with Crippen LogP contribution in [0.3, 0.4) is 0 Å². The number of nitrogens with two attached hydrogens (primary N) is 1. The highest BCUT2D eigenvalue weighted by Crippen LogP contribution is 2.20. The number of aliphatic hydroxyl groups excluding tert-OH is 1. The first-order valence-electron chi connectivity index (χ1n) is 10.4. The first kappa shape index (κ1) is 22.5. The number of amides is 1. The Labute approximate surface area is 182 Å². The third kappa shape index (κ3) is 6.91. The molecule has 1 heterocycles. The zero-order valence-corrected chi connectivity index (χ0v) is 17.6. The van der Waals surface area contributed by atoms with Crippen molar-refractivity contribution in [3.8, 4) is 11.3 Å². The highest BCUT2D eigenvalue weighted by Gasteiger charge is 2.24. The summed E-state index contributed by atoms with van der Waals surface area (Å²) in [6.07, 6.45) is 1.00. The average molecular weight is 420 g/mol. The summed E-state index contributed by atoms with van der Waals surface area (Å²) >= 11 is 0. The highest BCUT2D eigenvalue weighted by atomic mass is 16.4. The summed E-state index contributed by atoms with van der Waals surface area (Å²) < 4.78 is 0. The predicted octanol–water partition coefficient (Wildman–Crippen LogP) is 3.56. The van der Waals surface area contributed by atoms with Crippen LogP contribution in [0.2, 0.25) is 0 Å². The monoisotopic (exact) mass is 419 g/mol. The molecule has 0 aliphatic rings. The lowest BCUT2D eigenvalue weighted by Crippen LogP contribution is -2.46. The Morgan fingerprint density at radius 1 is 1.03 bits per heavy atom. The quantitative estimate of drug-likeness (QED) is 0.424. The lowest BCUT2D eigenvalue weighted by molar-refractivity contribution is 0.105. The lowest BCUT2D eigenvalue weighted by atomic mass is 9.94. The molecule has 1 amide bonds. The first-order chi connectivity index (χ1) is 14.9. The van der Waals surface area contributed by atoms with Crippen molar-refractivity contribution in [1.29, 1.82) is 0 Å². The van der Waals surface area contributed by atoms with E-state index in [1.807, 2.05) is 73.7 Å². The zero-order valence-electron chi connectivity index (χ0n) is 17.6. The number of hydrogen-bond donors (Lipinski definition) is 4. The van der Waals surface area contributed by atoms with E-state index in [9.17, 15) is 15.0 Å².